The first kappa shape index (κ1) is 9.97. The smallest absolute Gasteiger partial charge is 0.209 e. The van der Waals surface area contributed by atoms with Gasteiger partial charge in [-0.1, -0.05) is 0 Å². The molecule has 2 heterocycles. The van der Waals surface area contributed by atoms with Crippen molar-refractivity contribution in [1.82, 2.24) is 9.80 Å². The summed E-state index contributed by atoms with van der Waals surface area (Å²) in [5, 5.41) is 0. The molecule has 0 aliphatic carbocycles. The third-order valence-corrected chi connectivity index (χ3v) is 3.82. The Bertz CT molecular complexity index is 211. The summed E-state index contributed by atoms with van der Waals surface area (Å²) < 4.78 is 0. The molecule has 0 bridgehead atoms. The summed E-state index contributed by atoms with van der Waals surface area (Å²) in [6.45, 7) is 8.94. The van der Waals surface area contributed by atoms with Crippen LogP contribution >= 0.6 is 0 Å². The summed E-state index contributed by atoms with van der Waals surface area (Å²) in [5.41, 5.74) is 0.559. The molecule has 0 saturated carbocycles. The van der Waals surface area contributed by atoms with Gasteiger partial charge in [-0.05, 0) is 32.1 Å². The van der Waals surface area contributed by atoms with Crippen LogP contribution in [0.4, 0.5) is 0 Å². The molecule has 0 aromatic heterocycles. The van der Waals surface area contributed by atoms with Crippen molar-refractivity contribution in [2.45, 2.75) is 32.7 Å². The van der Waals surface area contributed by atoms with Gasteiger partial charge in [0.05, 0.1) is 0 Å². The third-order valence-electron chi connectivity index (χ3n) is 3.82. The molecule has 3 heteroatoms. The van der Waals surface area contributed by atoms with Crippen LogP contribution in [0.3, 0.4) is 0 Å². The van der Waals surface area contributed by atoms with Crippen molar-refractivity contribution < 1.29 is 4.79 Å². The fourth-order valence-corrected chi connectivity index (χ4v) is 2.60. The number of piperidine rings is 1. The Labute approximate surface area is 86.1 Å². The van der Waals surface area contributed by atoms with Gasteiger partial charge in [0, 0.05) is 32.2 Å². The highest BCUT2D eigenvalue weighted by Crippen LogP contribution is 2.40. The topological polar surface area (TPSA) is 23.6 Å². The molecule has 14 heavy (non-hydrogen) atoms. The summed E-state index contributed by atoms with van der Waals surface area (Å²) in [7, 11) is 0. The molecule has 0 aromatic carbocycles. The van der Waals surface area contributed by atoms with Gasteiger partial charge >= 0.3 is 0 Å². The minimum absolute atomic E-state index is 0.559. The van der Waals surface area contributed by atoms with E-state index in [1.165, 1.54) is 25.9 Å². The van der Waals surface area contributed by atoms with Crippen molar-refractivity contribution in [3.8, 4) is 0 Å². The van der Waals surface area contributed by atoms with Crippen LogP contribution in [0.2, 0.25) is 0 Å². The van der Waals surface area contributed by atoms with Gasteiger partial charge in [0.1, 0.15) is 0 Å². The van der Waals surface area contributed by atoms with Gasteiger partial charge < -0.3 is 4.90 Å². The summed E-state index contributed by atoms with van der Waals surface area (Å²) >= 11 is 0. The Hall–Kier alpha value is -0.570. The molecule has 3 nitrogen and oxygen atoms in total. The van der Waals surface area contributed by atoms with E-state index in [1.54, 1.807) is 0 Å². The fourth-order valence-electron chi connectivity index (χ4n) is 2.60. The van der Waals surface area contributed by atoms with Crippen molar-refractivity contribution in [2.24, 2.45) is 5.41 Å². The number of hydrogen-bond acceptors (Lipinski definition) is 2. The average molecular weight is 196 g/mol. The highest BCUT2D eigenvalue weighted by Gasteiger charge is 2.45. The number of carbonyl (C=O) groups is 1. The highest BCUT2D eigenvalue weighted by molar-refractivity contribution is 5.47. The van der Waals surface area contributed by atoms with Crippen molar-refractivity contribution in [1.29, 1.82) is 0 Å². The fraction of sp³-hybridized carbons (Fsp3) is 0.909. The number of hydrogen-bond donors (Lipinski definition) is 0. The summed E-state index contributed by atoms with van der Waals surface area (Å²) in [5.74, 6) is 0. The van der Waals surface area contributed by atoms with Crippen LogP contribution in [0.25, 0.3) is 0 Å². The van der Waals surface area contributed by atoms with Crippen LogP contribution in [0.15, 0.2) is 0 Å². The Kier molecular flexibility index (Phi) is 2.52. The van der Waals surface area contributed by atoms with E-state index in [1.807, 2.05) is 4.90 Å². The number of likely N-dealkylation sites (tertiary alicyclic amines) is 2. The molecule has 2 saturated heterocycles. The molecule has 0 aromatic rings. The number of amides is 1. The quantitative estimate of drug-likeness (QED) is 0.614. The number of rotatable bonds is 2. The maximum Gasteiger partial charge on any atom is 0.209 e. The van der Waals surface area contributed by atoms with Gasteiger partial charge in [-0.15, -0.1) is 0 Å². The van der Waals surface area contributed by atoms with E-state index in [2.05, 4.69) is 18.7 Å². The van der Waals surface area contributed by atoms with Gasteiger partial charge in [0.15, 0.2) is 0 Å². The van der Waals surface area contributed by atoms with E-state index in [4.69, 9.17) is 0 Å². The standard InChI is InChI=1S/C11H20N2O/c1-10(2)13-7-11(8-13)3-5-12(9-14)6-4-11/h9-10H,3-8H2,1-2H3. The zero-order chi connectivity index (χ0) is 10.2. The van der Waals surface area contributed by atoms with E-state index >= 15 is 0 Å². The monoisotopic (exact) mass is 196 g/mol. The van der Waals surface area contributed by atoms with Crippen LogP contribution in [0.5, 0.6) is 0 Å². The molecule has 2 aliphatic heterocycles. The summed E-state index contributed by atoms with van der Waals surface area (Å²) in [4.78, 5) is 15.0. The van der Waals surface area contributed by atoms with Crippen molar-refractivity contribution >= 4 is 6.41 Å². The Morgan fingerprint density at radius 2 is 1.79 bits per heavy atom. The van der Waals surface area contributed by atoms with Gasteiger partial charge in [-0.25, -0.2) is 0 Å². The lowest BCUT2D eigenvalue weighted by molar-refractivity contribution is -0.124. The largest absolute Gasteiger partial charge is 0.345 e. The number of carbonyl (C=O) groups excluding carboxylic acids is 1. The lowest BCUT2D eigenvalue weighted by atomic mass is 9.71. The van der Waals surface area contributed by atoms with Gasteiger partial charge in [-0.3, -0.25) is 9.69 Å². The second-order valence-electron chi connectivity index (χ2n) is 5.14. The predicted octanol–water partition coefficient (Wildman–Crippen LogP) is 0.949. The van der Waals surface area contributed by atoms with Crippen LogP contribution in [-0.2, 0) is 4.79 Å². The van der Waals surface area contributed by atoms with Gasteiger partial charge in [0.2, 0.25) is 6.41 Å². The molecule has 0 unspecified atom stereocenters. The normalized spacial score (nSPS) is 26.6. The average Bonchev–Trinajstić information content (AvgIpc) is 2.14. The van der Waals surface area contributed by atoms with Crippen molar-refractivity contribution in [3.63, 3.8) is 0 Å². The second-order valence-corrected chi connectivity index (χ2v) is 5.14. The van der Waals surface area contributed by atoms with Crippen molar-refractivity contribution in [3.05, 3.63) is 0 Å². The molecule has 2 aliphatic rings. The molecule has 1 spiro atoms. The molecule has 0 radical (unpaired) electrons. The van der Waals surface area contributed by atoms with Crippen LogP contribution in [0.1, 0.15) is 26.7 Å². The van der Waals surface area contributed by atoms with E-state index in [0.717, 1.165) is 19.5 Å². The molecule has 1 amide bonds. The van der Waals surface area contributed by atoms with Gasteiger partial charge in [-0.2, -0.15) is 0 Å². The minimum atomic E-state index is 0.559. The van der Waals surface area contributed by atoms with E-state index in [9.17, 15) is 4.79 Å². The Morgan fingerprint density at radius 1 is 1.21 bits per heavy atom. The maximum absolute atomic E-state index is 10.6. The zero-order valence-electron chi connectivity index (χ0n) is 9.20. The van der Waals surface area contributed by atoms with E-state index in [0.29, 0.717) is 11.5 Å². The summed E-state index contributed by atoms with van der Waals surface area (Å²) in [6.07, 6.45) is 3.40. The molecule has 2 fully saturated rings. The Morgan fingerprint density at radius 3 is 2.21 bits per heavy atom. The van der Waals surface area contributed by atoms with Crippen LogP contribution in [0, 0.1) is 5.41 Å². The third kappa shape index (κ3) is 1.65. The first-order valence-electron chi connectivity index (χ1n) is 5.59. The first-order valence-corrected chi connectivity index (χ1v) is 5.59. The molecular weight excluding hydrogens is 176 g/mol. The first-order chi connectivity index (χ1) is 6.65. The van der Waals surface area contributed by atoms with E-state index < -0.39 is 0 Å². The highest BCUT2D eigenvalue weighted by atomic mass is 16.1. The van der Waals surface area contributed by atoms with Crippen molar-refractivity contribution in [2.75, 3.05) is 26.2 Å². The molecular formula is C11H20N2O. The molecule has 80 valence electrons. The lowest BCUT2D eigenvalue weighted by Gasteiger charge is -2.55. The Balaban J connectivity index is 1.82. The zero-order valence-corrected chi connectivity index (χ0v) is 9.20. The van der Waals surface area contributed by atoms with Crippen LogP contribution in [-0.4, -0.2) is 48.4 Å². The molecule has 0 N–H and O–H groups in total. The predicted molar refractivity (Wildman–Crippen MR) is 56.0 cm³/mol. The van der Waals surface area contributed by atoms with Gasteiger partial charge in [0.25, 0.3) is 0 Å². The second kappa shape index (κ2) is 3.54. The summed E-state index contributed by atoms with van der Waals surface area (Å²) in [6, 6.07) is 0.685. The molecule has 0 atom stereocenters. The SMILES string of the molecule is CC(C)N1CC2(CCN(C=O)CC2)C1. The number of nitrogens with zero attached hydrogens (tertiary/aromatic N) is 2. The molecule has 2 rings (SSSR count). The van der Waals surface area contributed by atoms with Crippen LogP contribution < -0.4 is 0 Å². The maximum atomic E-state index is 10.6. The lowest BCUT2D eigenvalue weighted by Crippen LogP contribution is -2.61. The minimum Gasteiger partial charge on any atom is -0.345 e. The van der Waals surface area contributed by atoms with E-state index in [-0.39, 0.29) is 0 Å².